The van der Waals surface area contributed by atoms with Crippen molar-refractivity contribution in [3.05, 3.63) is 10.9 Å². The van der Waals surface area contributed by atoms with Crippen LogP contribution in [-0.4, -0.2) is 18.9 Å². The first-order valence-electron chi connectivity index (χ1n) is 7.44. The van der Waals surface area contributed by atoms with E-state index >= 15 is 0 Å². The zero-order valence-corrected chi connectivity index (χ0v) is 12.2. The van der Waals surface area contributed by atoms with Crippen molar-refractivity contribution in [2.24, 2.45) is 5.92 Å². The fraction of sp³-hybridized carbons (Fsp3) is 0.667. The Labute approximate surface area is 118 Å². The summed E-state index contributed by atoms with van der Waals surface area (Å²) in [5, 5.41) is 1.20. The fourth-order valence-electron chi connectivity index (χ4n) is 2.74. The van der Waals surface area contributed by atoms with E-state index in [2.05, 4.69) is 4.90 Å². The van der Waals surface area contributed by atoms with E-state index < -0.39 is 0 Å². The molecule has 1 aliphatic heterocycles. The van der Waals surface area contributed by atoms with Crippen molar-refractivity contribution in [1.29, 1.82) is 0 Å². The van der Waals surface area contributed by atoms with E-state index in [4.69, 9.17) is 5.73 Å². The van der Waals surface area contributed by atoms with Gasteiger partial charge in [-0.2, -0.15) is 0 Å². The van der Waals surface area contributed by atoms with Gasteiger partial charge in [0.15, 0.2) is 5.78 Å². The average Bonchev–Trinajstić information content (AvgIpc) is 3.12. The summed E-state index contributed by atoms with van der Waals surface area (Å²) in [5.74, 6) is 0.543. The molecule has 3 rings (SSSR count). The average molecular weight is 278 g/mol. The molecule has 0 atom stereocenters. The highest BCUT2D eigenvalue weighted by Crippen LogP contribution is 2.40. The summed E-state index contributed by atoms with van der Waals surface area (Å²) in [6.07, 6.45) is 8.63. The number of nitrogen functional groups attached to an aromatic ring is 1. The van der Waals surface area contributed by atoms with Gasteiger partial charge in [0.05, 0.1) is 15.6 Å². The minimum absolute atomic E-state index is 0.265. The molecule has 0 unspecified atom stereocenters. The van der Waals surface area contributed by atoms with Crippen LogP contribution >= 0.6 is 11.3 Å². The van der Waals surface area contributed by atoms with Crippen LogP contribution < -0.4 is 10.6 Å². The molecule has 0 amide bonds. The quantitative estimate of drug-likeness (QED) is 0.858. The van der Waals surface area contributed by atoms with Gasteiger partial charge >= 0.3 is 0 Å². The summed E-state index contributed by atoms with van der Waals surface area (Å²) >= 11 is 1.61. The summed E-state index contributed by atoms with van der Waals surface area (Å²) in [5.41, 5.74) is 6.74. The van der Waals surface area contributed by atoms with Crippen molar-refractivity contribution in [2.75, 3.05) is 23.7 Å². The number of rotatable bonds is 3. The van der Waals surface area contributed by atoms with E-state index in [1.54, 1.807) is 11.3 Å². The third-order valence-corrected chi connectivity index (χ3v) is 5.31. The first kappa shape index (κ1) is 13.0. The summed E-state index contributed by atoms with van der Waals surface area (Å²) in [7, 11) is 0. The predicted octanol–water partition coefficient (Wildman–Crippen LogP) is 3.69. The third kappa shape index (κ3) is 2.94. The maximum absolute atomic E-state index is 12.2. The number of hydrogen-bond acceptors (Lipinski definition) is 4. The second kappa shape index (κ2) is 5.53. The van der Waals surface area contributed by atoms with Crippen molar-refractivity contribution in [3.8, 4) is 0 Å². The second-order valence-corrected chi connectivity index (χ2v) is 6.79. The summed E-state index contributed by atoms with van der Waals surface area (Å²) in [6, 6.07) is 2.02. The van der Waals surface area contributed by atoms with Gasteiger partial charge < -0.3 is 10.6 Å². The van der Waals surface area contributed by atoms with Gasteiger partial charge in [0, 0.05) is 19.0 Å². The SMILES string of the molecule is Nc1cc(N2CCCCCCC2)sc1C(=O)C1CC1. The lowest BCUT2D eigenvalue weighted by Crippen LogP contribution is -2.26. The number of carbonyl (C=O) groups is 1. The Morgan fingerprint density at radius 2 is 1.79 bits per heavy atom. The summed E-state index contributed by atoms with van der Waals surface area (Å²) < 4.78 is 0. The lowest BCUT2D eigenvalue weighted by Gasteiger charge is -2.25. The first-order valence-corrected chi connectivity index (χ1v) is 8.26. The molecule has 4 heteroatoms. The molecule has 2 N–H and O–H groups in total. The number of hydrogen-bond donors (Lipinski definition) is 1. The molecule has 3 nitrogen and oxygen atoms in total. The second-order valence-electron chi connectivity index (χ2n) is 5.76. The van der Waals surface area contributed by atoms with Gasteiger partial charge in [0.1, 0.15) is 0 Å². The van der Waals surface area contributed by atoms with E-state index in [0.717, 1.165) is 30.8 Å². The molecule has 0 spiro atoms. The van der Waals surface area contributed by atoms with E-state index in [1.807, 2.05) is 6.07 Å². The van der Waals surface area contributed by atoms with Gasteiger partial charge in [0.2, 0.25) is 0 Å². The third-order valence-electron chi connectivity index (χ3n) is 4.09. The first-order chi connectivity index (χ1) is 9.25. The van der Waals surface area contributed by atoms with Gasteiger partial charge in [-0.3, -0.25) is 4.79 Å². The smallest absolute Gasteiger partial charge is 0.178 e. The van der Waals surface area contributed by atoms with E-state index in [1.165, 1.54) is 37.1 Å². The number of Topliss-reactive ketones (excluding diaryl/α,β-unsaturated/α-hetero) is 1. The van der Waals surface area contributed by atoms with E-state index in [0.29, 0.717) is 5.69 Å². The maximum atomic E-state index is 12.2. The Morgan fingerprint density at radius 1 is 1.16 bits per heavy atom. The number of nitrogens with two attached hydrogens (primary N) is 1. The fourth-order valence-corrected chi connectivity index (χ4v) is 3.89. The largest absolute Gasteiger partial charge is 0.397 e. The molecule has 0 aromatic carbocycles. The van der Waals surface area contributed by atoms with Gasteiger partial charge in [-0.15, -0.1) is 11.3 Å². The van der Waals surface area contributed by atoms with Crippen LogP contribution in [0.4, 0.5) is 10.7 Å². The number of carbonyl (C=O) groups excluding carboxylic acids is 1. The molecular weight excluding hydrogens is 256 g/mol. The van der Waals surface area contributed by atoms with Crippen LogP contribution in [0.5, 0.6) is 0 Å². The van der Waals surface area contributed by atoms with Crippen LogP contribution in [0.15, 0.2) is 6.07 Å². The van der Waals surface area contributed by atoms with Crippen molar-refractivity contribution < 1.29 is 4.79 Å². The molecule has 1 aromatic rings. The van der Waals surface area contributed by atoms with E-state index in [9.17, 15) is 4.79 Å². The molecule has 2 fully saturated rings. The molecule has 1 saturated heterocycles. The highest BCUT2D eigenvalue weighted by Gasteiger charge is 2.33. The lowest BCUT2D eigenvalue weighted by molar-refractivity contribution is 0.0972. The monoisotopic (exact) mass is 278 g/mol. The Hall–Kier alpha value is -1.03. The summed E-state index contributed by atoms with van der Waals surface area (Å²) in [4.78, 5) is 15.4. The van der Waals surface area contributed by atoms with Crippen LogP contribution in [0.2, 0.25) is 0 Å². The molecular formula is C15H22N2OS. The topological polar surface area (TPSA) is 46.3 Å². The van der Waals surface area contributed by atoms with Gasteiger partial charge in [-0.25, -0.2) is 0 Å². The van der Waals surface area contributed by atoms with Crippen LogP contribution in [0.1, 0.15) is 54.6 Å². The highest BCUT2D eigenvalue weighted by molar-refractivity contribution is 7.18. The van der Waals surface area contributed by atoms with Crippen molar-refractivity contribution in [1.82, 2.24) is 0 Å². The molecule has 1 aliphatic carbocycles. The van der Waals surface area contributed by atoms with Crippen LogP contribution in [0, 0.1) is 5.92 Å². The predicted molar refractivity (Wildman–Crippen MR) is 81.1 cm³/mol. The van der Waals surface area contributed by atoms with Crippen molar-refractivity contribution in [3.63, 3.8) is 0 Å². The molecule has 104 valence electrons. The molecule has 1 saturated carbocycles. The zero-order valence-electron chi connectivity index (χ0n) is 11.4. The number of thiophene rings is 1. The Balaban J connectivity index is 1.76. The summed E-state index contributed by atoms with van der Waals surface area (Å²) in [6.45, 7) is 2.22. The standard InChI is InChI=1S/C15H22N2OS/c16-12-10-13(17-8-4-2-1-3-5-9-17)19-15(12)14(18)11-6-7-11/h10-11H,1-9,16H2. The molecule has 0 bridgehead atoms. The maximum Gasteiger partial charge on any atom is 0.178 e. The Morgan fingerprint density at radius 3 is 2.42 bits per heavy atom. The van der Waals surface area contributed by atoms with Crippen molar-refractivity contribution in [2.45, 2.75) is 44.9 Å². The normalized spacial score (nSPS) is 20.9. The molecule has 0 radical (unpaired) electrons. The number of nitrogens with zero attached hydrogens (tertiary/aromatic N) is 1. The Kier molecular flexibility index (Phi) is 3.78. The molecule has 1 aromatic heterocycles. The molecule has 2 heterocycles. The minimum Gasteiger partial charge on any atom is -0.397 e. The number of anilines is 2. The van der Waals surface area contributed by atoms with Crippen molar-refractivity contribution >= 4 is 27.8 Å². The van der Waals surface area contributed by atoms with Crippen LogP contribution in [-0.2, 0) is 0 Å². The van der Waals surface area contributed by atoms with Gasteiger partial charge in [-0.1, -0.05) is 19.3 Å². The number of ketones is 1. The lowest BCUT2D eigenvalue weighted by atomic mass is 10.1. The van der Waals surface area contributed by atoms with E-state index in [-0.39, 0.29) is 11.7 Å². The Bertz CT molecular complexity index is 457. The minimum atomic E-state index is 0.265. The molecule has 2 aliphatic rings. The van der Waals surface area contributed by atoms with Crippen LogP contribution in [0.25, 0.3) is 0 Å². The van der Waals surface area contributed by atoms with Crippen LogP contribution in [0.3, 0.4) is 0 Å². The highest BCUT2D eigenvalue weighted by atomic mass is 32.1. The van der Waals surface area contributed by atoms with Gasteiger partial charge in [-0.05, 0) is 31.7 Å². The van der Waals surface area contributed by atoms with Gasteiger partial charge in [0.25, 0.3) is 0 Å². The zero-order chi connectivity index (χ0) is 13.2. The molecule has 19 heavy (non-hydrogen) atoms.